The predicted octanol–water partition coefficient (Wildman–Crippen LogP) is 1.51. The first-order valence-electron chi connectivity index (χ1n) is 6.37. The van der Waals surface area contributed by atoms with Gasteiger partial charge >= 0.3 is 5.97 Å². The van der Waals surface area contributed by atoms with E-state index in [-0.39, 0.29) is 10.8 Å². The number of sulfonamides is 1. The molecule has 0 saturated heterocycles. The van der Waals surface area contributed by atoms with Crippen molar-refractivity contribution in [3.8, 4) is 0 Å². The first kappa shape index (κ1) is 16.5. The summed E-state index contributed by atoms with van der Waals surface area (Å²) in [6.07, 6.45) is 1.35. The molecule has 0 radical (unpaired) electrons. The lowest BCUT2D eigenvalue weighted by atomic mass is 10.1. The standard InChI is InChI=1S/C13H20N2O4S/c1-10(13(16)17)4-3-9-15-11-5-7-12(8-6-11)20(18,19)14-2/h5-8,10,14-15H,3-4,9H2,1-2H3,(H,16,17). The molecule has 1 atom stereocenters. The lowest BCUT2D eigenvalue weighted by molar-refractivity contribution is -0.141. The molecule has 3 N–H and O–H groups in total. The van der Waals surface area contributed by atoms with Crippen LogP contribution in [0.2, 0.25) is 0 Å². The van der Waals surface area contributed by atoms with Crippen molar-refractivity contribution in [1.82, 2.24) is 4.72 Å². The zero-order chi connectivity index (χ0) is 15.2. The summed E-state index contributed by atoms with van der Waals surface area (Å²) < 4.78 is 25.3. The maximum absolute atomic E-state index is 11.5. The van der Waals surface area contributed by atoms with Crippen molar-refractivity contribution in [3.05, 3.63) is 24.3 Å². The van der Waals surface area contributed by atoms with Crippen molar-refractivity contribution in [2.24, 2.45) is 5.92 Å². The van der Waals surface area contributed by atoms with Crippen LogP contribution in [0.15, 0.2) is 29.2 Å². The third-order valence-corrected chi connectivity index (χ3v) is 4.43. The number of nitrogens with one attached hydrogen (secondary N) is 2. The Bertz CT molecular complexity index is 540. The molecule has 112 valence electrons. The molecule has 0 saturated carbocycles. The molecular weight excluding hydrogens is 280 g/mol. The van der Waals surface area contributed by atoms with Gasteiger partial charge in [0.05, 0.1) is 10.8 Å². The maximum atomic E-state index is 11.5. The monoisotopic (exact) mass is 300 g/mol. The molecule has 7 heteroatoms. The number of benzene rings is 1. The summed E-state index contributed by atoms with van der Waals surface area (Å²) in [5.41, 5.74) is 0.808. The lowest BCUT2D eigenvalue weighted by Crippen LogP contribution is -2.18. The van der Waals surface area contributed by atoms with Crippen molar-refractivity contribution in [2.45, 2.75) is 24.7 Å². The molecule has 0 heterocycles. The molecule has 20 heavy (non-hydrogen) atoms. The highest BCUT2D eigenvalue weighted by molar-refractivity contribution is 7.89. The van der Waals surface area contributed by atoms with Gasteiger partial charge in [-0.15, -0.1) is 0 Å². The Hall–Kier alpha value is -1.60. The molecule has 0 aromatic heterocycles. The fourth-order valence-electron chi connectivity index (χ4n) is 1.63. The fourth-order valence-corrected chi connectivity index (χ4v) is 2.36. The van der Waals surface area contributed by atoms with Crippen LogP contribution >= 0.6 is 0 Å². The van der Waals surface area contributed by atoms with Crippen LogP contribution in [0.4, 0.5) is 5.69 Å². The molecule has 1 aromatic carbocycles. The van der Waals surface area contributed by atoms with Crippen molar-refractivity contribution in [1.29, 1.82) is 0 Å². The Morgan fingerprint density at radius 2 is 1.90 bits per heavy atom. The minimum atomic E-state index is -3.40. The molecule has 0 aliphatic carbocycles. The van der Waals surface area contributed by atoms with E-state index >= 15 is 0 Å². The molecule has 1 aromatic rings. The van der Waals surface area contributed by atoms with Gasteiger partial charge in [0.25, 0.3) is 0 Å². The van der Waals surface area contributed by atoms with Gasteiger partial charge in [-0.25, -0.2) is 13.1 Å². The fraction of sp³-hybridized carbons (Fsp3) is 0.462. The van der Waals surface area contributed by atoms with Crippen LogP contribution in [0.1, 0.15) is 19.8 Å². The summed E-state index contributed by atoms with van der Waals surface area (Å²) in [5.74, 6) is -1.13. The second-order valence-electron chi connectivity index (χ2n) is 4.54. The minimum Gasteiger partial charge on any atom is -0.481 e. The van der Waals surface area contributed by atoms with Gasteiger partial charge in [-0.2, -0.15) is 0 Å². The van der Waals surface area contributed by atoms with Gasteiger partial charge in [0.2, 0.25) is 10.0 Å². The largest absolute Gasteiger partial charge is 0.481 e. The predicted molar refractivity (Wildman–Crippen MR) is 77.2 cm³/mol. The van der Waals surface area contributed by atoms with Crippen LogP contribution in [-0.4, -0.2) is 33.1 Å². The van der Waals surface area contributed by atoms with E-state index in [1.54, 1.807) is 19.1 Å². The molecule has 1 rings (SSSR count). The third-order valence-electron chi connectivity index (χ3n) is 3.00. The number of aliphatic carboxylic acids is 1. The zero-order valence-corrected chi connectivity index (χ0v) is 12.4. The Morgan fingerprint density at radius 1 is 1.30 bits per heavy atom. The van der Waals surface area contributed by atoms with Crippen LogP contribution in [0.3, 0.4) is 0 Å². The average molecular weight is 300 g/mol. The van der Waals surface area contributed by atoms with Crippen LogP contribution < -0.4 is 10.0 Å². The van der Waals surface area contributed by atoms with E-state index in [1.165, 1.54) is 19.2 Å². The van der Waals surface area contributed by atoms with Gasteiger partial charge in [0, 0.05) is 12.2 Å². The highest BCUT2D eigenvalue weighted by atomic mass is 32.2. The molecule has 6 nitrogen and oxygen atoms in total. The second-order valence-corrected chi connectivity index (χ2v) is 6.43. The summed E-state index contributed by atoms with van der Waals surface area (Å²) in [6.45, 7) is 2.33. The summed E-state index contributed by atoms with van der Waals surface area (Å²) in [6, 6.07) is 6.41. The van der Waals surface area contributed by atoms with Gasteiger partial charge in [0.1, 0.15) is 0 Å². The Labute approximate surface area is 119 Å². The van der Waals surface area contributed by atoms with Gasteiger partial charge in [-0.1, -0.05) is 6.92 Å². The molecule has 0 amide bonds. The van der Waals surface area contributed by atoms with Crippen molar-refractivity contribution >= 4 is 21.7 Å². The van der Waals surface area contributed by atoms with Crippen LogP contribution in [0, 0.1) is 5.92 Å². The maximum Gasteiger partial charge on any atom is 0.306 e. The summed E-state index contributed by atoms with van der Waals surface area (Å²) in [7, 11) is -2.04. The van der Waals surface area contributed by atoms with Crippen molar-refractivity contribution in [3.63, 3.8) is 0 Å². The van der Waals surface area contributed by atoms with Crippen molar-refractivity contribution < 1.29 is 18.3 Å². The van der Waals surface area contributed by atoms with E-state index in [0.717, 1.165) is 12.1 Å². The normalized spacial score (nSPS) is 12.9. The number of carboxylic acid groups (broad SMARTS) is 1. The first-order chi connectivity index (χ1) is 9.36. The van der Waals surface area contributed by atoms with E-state index in [0.29, 0.717) is 13.0 Å². The highest BCUT2D eigenvalue weighted by Crippen LogP contribution is 2.14. The summed E-state index contributed by atoms with van der Waals surface area (Å²) in [5, 5.41) is 11.9. The minimum absolute atomic E-state index is 0.213. The molecule has 0 spiro atoms. The smallest absolute Gasteiger partial charge is 0.306 e. The Balaban J connectivity index is 2.45. The van der Waals surface area contributed by atoms with Gasteiger partial charge in [-0.3, -0.25) is 4.79 Å². The van der Waals surface area contributed by atoms with Gasteiger partial charge < -0.3 is 10.4 Å². The van der Waals surface area contributed by atoms with Crippen LogP contribution in [0.25, 0.3) is 0 Å². The highest BCUT2D eigenvalue weighted by Gasteiger charge is 2.11. The first-order valence-corrected chi connectivity index (χ1v) is 7.85. The topological polar surface area (TPSA) is 95.5 Å². The van der Waals surface area contributed by atoms with E-state index in [4.69, 9.17) is 5.11 Å². The molecule has 1 unspecified atom stereocenters. The number of hydrogen-bond acceptors (Lipinski definition) is 4. The number of anilines is 1. The van der Waals surface area contributed by atoms with Gasteiger partial charge in [0.15, 0.2) is 0 Å². The lowest BCUT2D eigenvalue weighted by Gasteiger charge is -2.09. The van der Waals surface area contributed by atoms with E-state index in [9.17, 15) is 13.2 Å². The summed E-state index contributed by atoms with van der Waals surface area (Å²) in [4.78, 5) is 10.9. The zero-order valence-electron chi connectivity index (χ0n) is 11.6. The second kappa shape index (κ2) is 7.25. The number of carbonyl (C=O) groups is 1. The van der Waals surface area contributed by atoms with E-state index in [2.05, 4.69) is 10.0 Å². The summed E-state index contributed by atoms with van der Waals surface area (Å²) >= 11 is 0. The van der Waals surface area contributed by atoms with Crippen LogP contribution in [-0.2, 0) is 14.8 Å². The average Bonchev–Trinajstić information content (AvgIpc) is 2.43. The number of carboxylic acids is 1. The Morgan fingerprint density at radius 3 is 2.40 bits per heavy atom. The van der Waals surface area contributed by atoms with E-state index in [1.807, 2.05) is 0 Å². The molecule has 0 bridgehead atoms. The van der Waals surface area contributed by atoms with Crippen LogP contribution in [0.5, 0.6) is 0 Å². The molecule has 0 aliphatic rings. The third kappa shape index (κ3) is 4.82. The quantitative estimate of drug-likeness (QED) is 0.632. The SMILES string of the molecule is CNS(=O)(=O)c1ccc(NCCCC(C)C(=O)O)cc1. The number of rotatable bonds is 8. The Kier molecular flexibility index (Phi) is 5.97. The molecular formula is C13H20N2O4S. The van der Waals surface area contributed by atoms with Gasteiger partial charge in [-0.05, 0) is 44.2 Å². The molecule has 0 fully saturated rings. The number of hydrogen-bond donors (Lipinski definition) is 3. The van der Waals surface area contributed by atoms with Crippen molar-refractivity contribution in [2.75, 3.05) is 18.9 Å². The molecule has 0 aliphatic heterocycles. The van der Waals surface area contributed by atoms with E-state index < -0.39 is 16.0 Å².